The maximum atomic E-state index is 10.4. The van der Waals surface area contributed by atoms with E-state index >= 15 is 0 Å². The lowest BCUT2D eigenvalue weighted by atomic mass is 10.2. The van der Waals surface area contributed by atoms with E-state index in [-0.39, 0.29) is 12.3 Å². The molecule has 0 aromatic heterocycles. The van der Waals surface area contributed by atoms with Crippen molar-refractivity contribution in [1.29, 1.82) is 0 Å². The van der Waals surface area contributed by atoms with Crippen molar-refractivity contribution in [2.45, 2.75) is 12.6 Å². The summed E-state index contributed by atoms with van der Waals surface area (Å²) < 4.78 is 25.1. The van der Waals surface area contributed by atoms with Crippen LogP contribution in [0.4, 0.5) is 0 Å². The fourth-order valence-corrected chi connectivity index (χ4v) is 1.13. The van der Waals surface area contributed by atoms with E-state index in [1.807, 2.05) is 0 Å². The zero-order valence-electron chi connectivity index (χ0n) is 5.33. The third kappa shape index (κ3) is 1.96. The molecule has 58 valence electrons. The number of carbonyl (C=O) groups is 1. The fourth-order valence-electron chi connectivity index (χ4n) is 0.596. The molecule has 5 nitrogen and oxygen atoms in total. The molecule has 1 aliphatic rings. The van der Waals surface area contributed by atoms with Crippen molar-refractivity contribution >= 4 is 16.0 Å². The van der Waals surface area contributed by atoms with Gasteiger partial charge in [-0.1, -0.05) is 0 Å². The molecule has 1 N–H and O–H groups in total. The second-order valence-electron chi connectivity index (χ2n) is 2.06. The molecular weight excluding hydrogens is 158 g/mol. The number of hydrogen-bond acceptors (Lipinski definition) is 4. The summed E-state index contributed by atoms with van der Waals surface area (Å²) in [5.41, 5.74) is 0. The number of carbonyl (C=O) groups excluding carboxylic acids is 1. The minimum absolute atomic E-state index is 0.132. The number of amides is 1. The number of nitrogens with one attached hydrogen (secondary N) is 1. The average molecular weight is 165 g/mol. The zero-order chi connectivity index (χ0) is 7.78. The molecule has 1 unspecified atom stereocenters. The summed E-state index contributed by atoms with van der Waals surface area (Å²) in [4.78, 5) is 10.2. The monoisotopic (exact) mass is 165 g/mol. The maximum absolute atomic E-state index is 10.4. The Balaban J connectivity index is 2.36. The van der Waals surface area contributed by atoms with Crippen molar-refractivity contribution in [1.82, 2.24) is 5.32 Å². The molecule has 0 saturated carbocycles. The van der Waals surface area contributed by atoms with Crippen LogP contribution in [0.15, 0.2) is 0 Å². The Kier molecular flexibility index (Phi) is 1.65. The topological polar surface area (TPSA) is 72.5 Å². The van der Waals surface area contributed by atoms with Gasteiger partial charge in [0.15, 0.2) is 6.23 Å². The maximum Gasteiger partial charge on any atom is 0.266 e. The standard InChI is InChI=1S/C4H7NO4S/c1-10(7,8)9-4-2-3(6)5-4/h4H,2H2,1H3,(H,5,6). The van der Waals surface area contributed by atoms with Gasteiger partial charge in [0.25, 0.3) is 10.1 Å². The summed E-state index contributed by atoms with van der Waals surface area (Å²) in [5.74, 6) is -0.186. The Labute approximate surface area is 58.5 Å². The third-order valence-electron chi connectivity index (χ3n) is 0.984. The summed E-state index contributed by atoms with van der Waals surface area (Å²) in [7, 11) is -3.42. The van der Waals surface area contributed by atoms with Gasteiger partial charge >= 0.3 is 0 Å². The number of rotatable bonds is 2. The molecule has 10 heavy (non-hydrogen) atoms. The molecule has 1 rings (SSSR count). The summed E-state index contributed by atoms with van der Waals surface area (Å²) in [5, 5.41) is 2.26. The van der Waals surface area contributed by atoms with E-state index in [0.717, 1.165) is 6.26 Å². The molecule has 1 aliphatic heterocycles. The Morgan fingerprint density at radius 3 is 2.50 bits per heavy atom. The van der Waals surface area contributed by atoms with Gasteiger partial charge in [0.1, 0.15) is 0 Å². The molecule has 1 amide bonds. The minimum Gasteiger partial charge on any atom is -0.329 e. The first-order valence-corrected chi connectivity index (χ1v) is 4.47. The van der Waals surface area contributed by atoms with Gasteiger partial charge in [0.05, 0.1) is 12.7 Å². The van der Waals surface area contributed by atoms with Crippen LogP contribution in [0.1, 0.15) is 6.42 Å². The second-order valence-corrected chi connectivity index (χ2v) is 3.66. The highest BCUT2D eigenvalue weighted by molar-refractivity contribution is 7.86. The lowest BCUT2D eigenvalue weighted by molar-refractivity contribution is -0.133. The summed E-state index contributed by atoms with van der Waals surface area (Å²) in [6.45, 7) is 0. The SMILES string of the molecule is CS(=O)(=O)OC1CC(=O)N1. The molecule has 0 radical (unpaired) electrons. The van der Waals surface area contributed by atoms with E-state index < -0.39 is 16.3 Å². The molecule has 1 saturated heterocycles. The first-order valence-electron chi connectivity index (χ1n) is 2.65. The molecule has 0 aromatic rings. The van der Waals surface area contributed by atoms with Gasteiger partial charge in [0, 0.05) is 0 Å². The van der Waals surface area contributed by atoms with Gasteiger partial charge in [0.2, 0.25) is 5.91 Å². The molecule has 0 spiro atoms. The van der Waals surface area contributed by atoms with Crippen LogP contribution in [0.2, 0.25) is 0 Å². The van der Waals surface area contributed by atoms with Crippen LogP contribution in [0.3, 0.4) is 0 Å². The van der Waals surface area contributed by atoms with E-state index in [1.54, 1.807) is 0 Å². The number of hydrogen-bond donors (Lipinski definition) is 1. The van der Waals surface area contributed by atoms with Gasteiger partial charge in [-0.3, -0.25) is 4.79 Å². The van der Waals surface area contributed by atoms with Gasteiger partial charge in [-0.2, -0.15) is 8.42 Å². The van der Waals surface area contributed by atoms with Crippen molar-refractivity contribution < 1.29 is 17.4 Å². The van der Waals surface area contributed by atoms with E-state index in [2.05, 4.69) is 9.50 Å². The largest absolute Gasteiger partial charge is 0.329 e. The smallest absolute Gasteiger partial charge is 0.266 e. The van der Waals surface area contributed by atoms with Crippen molar-refractivity contribution in [3.05, 3.63) is 0 Å². The second kappa shape index (κ2) is 2.21. The van der Waals surface area contributed by atoms with Gasteiger partial charge in [-0.05, 0) is 0 Å². The minimum atomic E-state index is -3.42. The van der Waals surface area contributed by atoms with E-state index in [4.69, 9.17) is 0 Å². The molecule has 6 heteroatoms. The zero-order valence-corrected chi connectivity index (χ0v) is 6.14. The molecular formula is C4H7NO4S. The molecule has 0 bridgehead atoms. The molecule has 0 aromatic carbocycles. The van der Waals surface area contributed by atoms with Crippen molar-refractivity contribution in [2.24, 2.45) is 0 Å². The summed E-state index contributed by atoms with van der Waals surface area (Å²) in [6.07, 6.45) is 0.437. The van der Waals surface area contributed by atoms with Gasteiger partial charge in [-0.15, -0.1) is 0 Å². The highest BCUT2D eigenvalue weighted by Crippen LogP contribution is 2.07. The third-order valence-corrected chi connectivity index (χ3v) is 1.57. The Morgan fingerprint density at radius 1 is 1.70 bits per heavy atom. The predicted molar refractivity (Wildman–Crippen MR) is 32.5 cm³/mol. The highest BCUT2D eigenvalue weighted by Gasteiger charge is 2.28. The van der Waals surface area contributed by atoms with Crippen LogP contribution in [0, 0.1) is 0 Å². The average Bonchev–Trinajstić information content (AvgIpc) is 1.57. The molecule has 1 fully saturated rings. The van der Waals surface area contributed by atoms with E-state index in [1.165, 1.54) is 0 Å². The molecule has 1 heterocycles. The number of β-lactam (4-membered cyclic amide) rings is 1. The van der Waals surface area contributed by atoms with Gasteiger partial charge in [-0.25, -0.2) is 4.18 Å². The van der Waals surface area contributed by atoms with Gasteiger partial charge < -0.3 is 5.32 Å². The lowest BCUT2D eigenvalue weighted by Crippen LogP contribution is -2.50. The lowest BCUT2D eigenvalue weighted by Gasteiger charge is -2.24. The van der Waals surface area contributed by atoms with Crippen molar-refractivity contribution in [3.8, 4) is 0 Å². The Bertz CT molecular complexity index is 236. The predicted octanol–water partition coefficient (Wildman–Crippen LogP) is -1.19. The van der Waals surface area contributed by atoms with Crippen LogP contribution >= 0.6 is 0 Å². The molecule has 1 atom stereocenters. The van der Waals surface area contributed by atoms with Crippen molar-refractivity contribution in [3.63, 3.8) is 0 Å². The van der Waals surface area contributed by atoms with Crippen LogP contribution in [-0.4, -0.2) is 26.8 Å². The Morgan fingerprint density at radius 2 is 2.20 bits per heavy atom. The van der Waals surface area contributed by atoms with E-state index in [0.29, 0.717) is 0 Å². The molecule has 0 aliphatic carbocycles. The van der Waals surface area contributed by atoms with Crippen molar-refractivity contribution in [2.75, 3.05) is 6.26 Å². The quantitative estimate of drug-likeness (QED) is 0.412. The van der Waals surface area contributed by atoms with Crippen LogP contribution in [0.25, 0.3) is 0 Å². The fraction of sp³-hybridized carbons (Fsp3) is 0.750. The normalized spacial score (nSPS) is 25.3. The first kappa shape index (κ1) is 7.49. The summed E-state index contributed by atoms with van der Waals surface area (Å²) >= 11 is 0. The van der Waals surface area contributed by atoms with E-state index in [9.17, 15) is 13.2 Å². The van der Waals surface area contributed by atoms with Crippen LogP contribution < -0.4 is 5.32 Å². The highest BCUT2D eigenvalue weighted by atomic mass is 32.2. The van der Waals surface area contributed by atoms with Crippen LogP contribution in [-0.2, 0) is 19.1 Å². The summed E-state index contributed by atoms with van der Waals surface area (Å²) in [6, 6.07) is 0. The van der Waals surface area contributed by atoms with Crippen LogP contribution in [0.5, 0.6) is 0 Å². The first-order chi connectivity index (χ1) is 4.47. The Hall–Kier alpha value is -0.620.